The molecule has 0 aromatic carbocycles. The van der Waals surface area contributed by atoms with E-state index in [0.717, 1.165) is 12.8 Å². The van der Waals surface area contributed by atoms with Gasteiger partial charge in [0.15, 0.2) is 5.78 Å². The molecule has 3 heteroatoms. The second-order valence-corrected chi connectivity index (χ2v) is 7.06. The van der Waals surface area contributed by atoms with Gasteiger partial charge in [-0.2, -0.15) is 0 Å². The lowest BCUT2D eigenvalue weighted by Gasteiger charge is -2.44. The van der Waals surface area contributed by atoms with E-state index in [2.05, 4.69) is 20.8 Å². The van der Waals surface area contributed by atoms with Crippen LogP contribution in [0.5, 0.6) is 0 Å². The predicted molar refractivity (Wildman–Crippen MR) is 65.4 cm³/mol. The smallest absolute Gasteiger partial charge is 0.162 e. The molecule has 0 unspecified atom stereocenters. The second kappa shape index (κ2) is 4.06. The summed E-state index contributed by atoms with van der Waals surface area (Å²) >= 11 is 0. The van der Waals surface area contributed by atoms with Crippen LogP contribution in [0.15, 0.2) is 0 Å². The number of aliphatic hydroxyl groups is 2. The number of carbonyl (C=O) groups is 1. The normalized spacial score (nSPS) is 44.8. The van der Waals surface area contributed by atoms with Gasteiger partial charge in [0.1, 0.15) is 6.10 Å². The lowest BCUT2D eigenvalue weighted by atomic mass is 9.61. The molecule has 2 N–H and O–H groups in total. The van der Waals surface area contributed by atoms with Gasteiger partial charge in [-0.1, -0.05) is 20.8 Å². The van der Waals surface area contributed by atoms with Gasteiger partial charge >= 0.3 is 0 Å². The maximum absolute atomic E-state index is 11.9. The van der Waals surface area contributed by atoms with Crippen molar-refractivity contribution in [1.82, 2.24) is 0 Å². The highest BCUT2D eigenvalue weighted by Gasteiger charge is 2.55. The van der Waals surface area contributed by atoms with Crippen LogP contribution in [0.25, 0.3) is 0 Å². The molecule has 98 valence electrons. The first-order valence-corrected chi connectivity index (χ1v) is 6.61. The fourth-order valence-corrected chi connectivity index (χ4v) is 4.11. The molecule has 17 heavy (non-hydrogen) atoms. The van der Waals surface area contributed by atoms with E-state index in [4.69, 9.17) is 0 Å². The number of hydrogen-bond donors (Lipinski definition) is 2. The molecule has 0 saturated heterocycles. The summed E-state index contributed by atoms with van der Waals surface area (Å²) in [6.45, 7) is 6.65. The zero-order valence-electron chi connectivity index (χ0n) is 11.1. The monoisotopic (exact) mass is 240 g/mol. The van der Waals surface area contributed by atoms with E-state index in [-0.39, 0.29) is 29.1 Å². The second-order valence-electron chi connectivity index (χ2n) is 7.06. The van der Waals surface area contributed by atoms with E-state index in [1.165, 1.54) is 0 Å². The maximum atomic E-state index is 11.9. The Morgan fingerprint density at radius 3 is 2.53 bits per heavy atom. The summed E-state index contributed by atoms with van der Waals surface area (Å²) in [5, 5.41) is 19.3. The average Bonchev–Trinajstić information content (AvgIpc) is 2.53. The lowest BCUT2D eigenvalue weighted by molar-refractivity contribution is -0.142. The third-order valence-electron chi connectivity index (χ3n) is 4.97. The molecule has 0 heterocycles. The van der Waals surface area contributed by atoms with Gasteiger partial charge in [-0.3, -0.25) is 4.79 Å². The van der Waals surface area contributed by atoms with Crippen molar-refractivity contribution in [2.75, 3.05) is 6.61 Å². The van der Waals surface area contributed by atoms with Crippen LogP contribution in [0, 0.1) is 22.7 Å². The molecular formula is C14H24O3. The molecule has 0 aromatic heterocycles. The summed E-state index contributed by atoms with van der Waals surface area (Å²) in [4.78, 5) is 11.9. The number of fused-ring (bicyclic) bond motifs is 1. The molecule has 0 aromatic rings. The summed E-state index contributed by atoms with van der Waals surface area (Å²) in [5.74, 6) is 0.444. The van der Waals surface area contributed by atoms with Crippen molar-refractivity contribution in [3.8, 4) is 0 Å². The minimum absolute atomic E-state index is 0.0279. The van der Waals surface area contributed by atoms with Gasteiger partial charge in [-0.05, 0) is 41.9 Å². The van der Waals surface area contributed by atoms with E-state index >= 15 is 0 Å². The molecule has 2 fully saturated rings. The third-order valence-corrected chi connectivity index (χ3v) is 4.97. The van der Waals surface area contributed by atoms with Crippen molar-refractivity contribution in [2.24, 2.45) is 22.7 Å². The first-order valence-electron chi connectivity index (χ1n) is 6.61. The van der Waals surface area contributed by atoms with E-state index in [9.17, 15) is 15.0 Å². The standard InChI is InChI=1S/C14H24O3/c1-13(2)6-9-10(7-13)14(3,4-5-15)8-11(16)12(9)17/h9-10,12,15,17H,4-8H2,1-3H3/t9-,10+,12+,14+/m0/s1. The molecule has 2 rings (SSSR count). The Morgan fingerprint density at radius 2 is 1.94 bits per heavy atom. The number of carbonyl (C=O) groups excluding carboxylic acids is 1. The Balaban J connectivity index is 2.29. The van der Waals surface area contributed by atoms with Crippen LogP contribution in [0.2, 0.25) is 0 Å². The summed E-state index contributed by atoms with van der Waals surface area (Å²) in [6.07, 6.45) is 2.30. The van der Waals surface area contributed by atoms with Crippen LogP contribution in [-0.4, -0.2) is 28.7 Å². The van der Waals surface area contributed by atoms with Gasteiger partial charge in [0.2, 0.25) is 0 Å². The number of rotatable bonds is 2. The first kappa shape index (κ1) is 13.0. The van der Waals surface area contributed by atoms with E-state index in [0.29, 0.717) is 18.8 Å². The molecule has 2 saturated carbocycles. The zero-order chi connectivity index (χ0) is 12.8. The van der Waals surface area contributed by atoms with Gasteiger partial charge < -0.3 is 10.2 Å². The molecule has 0 aliphatic heterocycles. The largest absolute Gasteiger partial charge is 0.396 e. The average molecular weight is 240 g/mol. The van der Waals surface area contributed by atoms with Gasteiger partial charge in [-0.15, -0.1) is 0 Å². The number of hydrogen-bond acceptors (Lipinski definition) is 3. The molecule has 2 aliphatic rings. The molecule has 2 aliphatic carbocycles. The summed E-state index contributed by atoms with van der Waals surface area (Å²) in [6, 6.07) is 0. The van der Waals surface area contributed by atoms with Crippen molar-refractivity contribution in [2.45, 2.75) is 52.6 Å². The highest BCUT2D eigenvalue weighted by Crippen LogP contribution is 2.58. The summed E-state index contributed by atoms with van der Waals surface area (Å²) in [5.41, 5.74) is 0.0845. The Hall–Kier alpha value is -0.410. The molecule has 0 spiro atoms. The van der Waals surface area contributed by atoms with Gasteiger partial charge in [-0.25, -0.2) is 0 Å². The molecular weight excluding hydrogens is 216 g/mol. The Labute approximate surface area is 103 Å². The van der Waals surface area contributed by atoms with Gasteiger partial charge in [0.05, 0.1) is 0 Å². The highest BCUT2D eigenvalue weighted by molar-refractivity contribution is 5.85. The fourth-order valence-electron chi connectivity index (χ4n) is 4.11. The van der Waals surface area contributed by atoms with Crippen molar-refractivity contribution in [3.63, 3.8) is 0 Å². The summed E-state index contributed by atoms with van der Waals surface area (Å²) < 4.78 is 0. The Bertz CT molecular complexity index is 323. The molecule has 4 atom stereocenters. The van der Waals surface area contributed by atoms with Crippen LogP contribution in [0.3, 0.4) is 0 Å². The van der Waals surface area contributed by atoms with Crippen LogP contribution in [-0.2, 0) is 4.79 Å². The van der Waals surface area contributed by atoms with E-state index in [1.807, 2.05) is 0 Å². The topological polar surface area (TPSA) is 57.5 Å². The number of aliphatic hydroxyl groups excluding tert-OH is 2. The third kappa shape index (κ3) is 2.15. The van der Waals surface area contributed by atoms with Crippen LogP contribution in [0.4, 0.5) is 0 Å². The van der Waals surface area contributed by atoms with E-state index < -0.39 is 6.10 Å². The van der Waals surface area contributed by atoms with E-state index in [1.54, 1.807) is 0 Å². The van der Waals surface area contributed by atoms with Crippen LogP contribution >= 0.6 is 0 Å². The van der Waals surface area contributed by atoms with Gasteiger partial charge in [0, 0.05) is 13.0 Å². The van der Waals surface area contributed by atoms with Crippen LogP contribution < -0.4 is 0 Å². The SMILES string of the molecule is CC1(C)C[C@H]2[C@@H](C1)[C@](C)(CCO)CC(=O)[C@@H]2O. The lowest BCUT2D eigenvalue weighted by Crippen LogP contribution is -2.47. The number of ketones is 1. The first-order chi connectivity index (χ1) is 7.79. The molecule has 0 radical (unpaired) electrons. The van der Waals surface area contributed by atoms with Crippen molar-refractivity contribution >= 4 is 5.78 Å². The minimum atomic E-state index is -0.770. The van der Waals surface area contributed by atoms with Crippen molar-refractivity contribution in [3.05, 3.63) is 0 Å². The molecule has 0 amide bonds. The Morgan fingerprint density at radius 1 is 1.29 bits per heavy atom. The fraction of sp³-hybridized carbons (Fsp3) is 0.929. The zero-order valence-corrected chi connectivity index (χ0v) is 11.1. The maximum Gasteiger partial charge on any atom is 0.162 e. The Kier molecular flexibility index (Phi) is 3.11. The van der Waals surface area contributed by atoms with Crippen molar-refractivity contribution < 1.29 is 15.0 Å². The van der Waals surface area contributed by atoms with Crippen molar-refractivity contribution in [1.29, 1.82) is 0 Å². The molecule has 0 bridgehead atoms. The van der Waals surface area contributed by atoms with Gasteiger partial charge in [0.25, 0.3) is 0 Å². The summed E-state index contributed by atoms with van der Waals surface area (Å²) in [7, 11) is 0. The number of Topliss-reactive ketones (excluding diaryl/α,β-unsaturated/α-hetero) is 1. The minimum Gasteiger partial charge on any atom is -0.396 e. The highest BCUT2D eigenvalue weighted by atomic mass is 16.3. The quantitative estimate of drug-likeness (QED) is 0.773. The molecule has 3 nitrogen and oxygen atoms in total. The van der Waals surface area contributed by atoms with Crippen LogP contribution in [0.1, 0.15) is 46.5 Å². The predicted octanol–water partition coefficient (Wildman–Crippen LogP) is 1.76.